The molecule has 4 heteroatoms. The van der Waals surface area contributed by atoms with Gasteiger partial charge in [-0.3, -0.25) is 4.79 Å². The Morgan fingerprint density at radius 2 is 1.88 bits per heavy atom. The fourth-order valence-corrected chi connectivity index (χ4v) is 3.56. The molecule has 1 saturated heterocycles. The molecule has 1 aliphatic heterocycles. The highest BCUT2D eigenvalue weighted by Gasteiger charge is 2.43. The van der Waals surface area contributed by atoms with E-state index in [0.29, 0.717) is 23.8 Å². The third-order valence-corrected chi connectivity index (χ3v) is 4.58. The third kappa shape index (κ3) is 2.23. The number of amides is 1. The summed E-state index contributed by atoms with van der Waals surface area (Å²) in [6.45, 7) is 1.88. The van der Waals surface area contributed by atoms with E-state index in [9.17, 15) is 4.79 Å². The highest BCUT2D eigenvalue weighted by atomic mass is 35.5. The van der Waals surface area contributed by atoms with Gasteiger partial charge in [-0.25, -0.2) is 0 Å². The van der Waals surface area contributed by atoms with Crippen molar-refractivity contribution in [1.82, 2.24) is 4.90 Å². The van der Waals surface area contributed by atoms with Gasteiger partial charge in [0.1, 0.15) is 0 Å². The highest BCUT2D eigenvalue weighted by Crippen LogP contribution is 2.38. The van der Waals surface area contributed by atoms with Gasteiger partial charge in [-0.05, 0) is 37.5 Å². The van der Waals surface area contributed by atoms with Crippen LogP contribution in [0.4, 0.5) is 0 Å². The molecule has 0 aromatic heterocycles. The summed E-state index contributed by atoms with van der Waals surface area (Å²) in [5.41, 5.74) is 6.09. The van der Waals surface area contributed by atoms with Gasteiger partial charge in [0.15, 0.2) is 0 Å². The average Bonchev–Trinajstić information content (AvgIpc) is 2.96. The summed E-state index contributed by atoms with van der Waals surface area (Å²) >= 11 is 0. The van der Waals surface area contributed by atoms with Crippen LogP contribution in [0, 0.1) is 17.8 Å². The number of rotatable bonds is 1. The molecule has 0 aromatic carbocycles. The molecular weight excluding hydrogens is 236 g/mol. The number of nitrogens with zero attached hydrogens (tertiary/aromatic N) is 1. The van der Waals surface area contributed by atoms with Gasteiger partial charge in [-0.15, -0.1) is 12.4 Å². The van der Waals surface area contributed by atoms with Crippen molar-refractivity contribution in [1.29, 1.82) is 0 Å². The van der Waals surface area contributed by atoms with Crippen LogP contribution in [0.25, 0.3) is 0 Å². The molecule has 0 radical (unpaired) electrons. The molecule has 17 heavy (non-hydrogen) atoms. The van der Waals surface area contributed by atoms with Gasteiger partial charge in [0.05, 0.1) is 0 Å². The summed E-state index contributed by atoms with van der Waals surface area (Å²) in [4.78, 5) is 14.3. The number of hydrogen-bond acceptors (Lipinski definition) is 2. The lowest BCUT2D eigenvalue weighted by Crippen LogP contribution is -2.36. The van der Waals surface area contributed by atoms with Crippen LogP contribution < -0.4 is 5.73 Å². The Morgan fingerprint density at radius 3 is 2.53 bits per heavy atom. The number of likely N-dealkylation sites (tertiary alicyclic amines) is 1. The number of nitrogens with two attached hydrogens (primary N) is 1. The number of carbonyl (C=O) groups excluding carboxylic acids is 1. The molecule has 1 heterocycles. The van der Waals surface area contributed by atoms with Crippen molar-refractivity contribution in [2.24, 2.45) is 23.5 Å². The van der Waals surface area contributed by atoms with Gasteiger partial charge >= 0.3 is 0 Å². The number of hydrogen-bond donors (Lipinski definition) is 1. The van der Waals surface area contributed by atoms with Gasteiger partial charge in [0.25, 0.3) is 0 Å². The van der Waals surface area contributed by atoms with E-state index in [-0.39, 0.29) is 18.3 Å². The Morgan fingerprint density at radius 1 is 1.18 bits per heavy atom. The highest BCUT2D eigenvalue weighted by molar-refractivity contribution is 5.85. The minimum absolute atomic E-state index is 0. The van der Waals surface area contributed by atoms with E-state index >= 15 is 0 Å². The van der Waals surface area contributed by atoms with Crippen molar-refractivity contribution in [3.8, 4) is 0 Å². The Labute approximate surface area is 109 Å². The fourth-order valence-electron chi connectivity index (χ4n) is 3.56. The first-order valence-electron chi connectivity index (χ1n) is 6.45. The molecule has 0 spiro atoms. The molecule has 0 aromatic rings. The minimum atomic E-state index is 0. The largest absolute Gasteiger partial charge is 0.342 e. The maximum Gasteiger partial charge on any atom is 0.226 e. The van der Waals surface area contributed by atoms with Crippen LogP contribution in [0.15, 0.2) is 12.2 Å². The number of allylic oxidation sites excluding steroid dienone is 2. The minimum Gasteiger partial charge on any atom is -0.342 e. The summed E-state index contributed by atoms with van der Waals surface area (Å²) in [5.74, 6) is 1.87. The lowest BCUT2D eigenvalue weighted by molar-refractivity contribution is -0.134. The molecule has 2 fully saturated rings. The Hall–Kier alpha value is -0.540. The molecule has 3 atom stereocenters. The molecule has 1 amide bonds. The van der Waals surface area contributed by atoms with Crippen molar-refractivity contribution in [2.45, 2.75) is 31.7 Å². The Kier molecular flexibility index (Phi) is 3.79. The van der Waals surface area contributed by atoms with E-state index in [0.717, 1.165) is 32.4 Å². The second-order valence-electron chi connectivity index (χ2n) is 5.55. The molecule has 2 aliphatic carbocycles. The fraction of sp³-hybridized carbons (Fsp3) is 0.769. The van der Waals surface area contributed by atoms with Gasteiger partial charge in [-0.1, -0.05) is 12.2 Å². The molecule has 3 aliphatic rings. The van der Waals surface area contributed by atoms with Crippen molar-refractivity contribution >= 4 is 18.3 Å². The van der Waals surface area contributed by atoms with E-state index in [4.69, 9.17) is 5.73 Å². The summed E-state index contributed by atoms with van der Waals surface area (Å²) in [7, 11) is 0. The molecule has 3 nitrogen and oxygen atoms in total. The van der Waals surface area contributed by atoms with Gasteiger partial charge in [0.2, 0.25) is 5.91 Å². The standard InChI is InChI=1S/C13H20N2O.ClH/c14-12-6-5-10-7-15(8-11(10)12)13(16)9-3-1-2-4-9;/h1-2,9-12H,3-8,14H2;1H. The summed E-state index contributed by atoms with van der Waals surface area (Å²) in [6.07, 6.45) is 8.52. The number of fused-ring (bicyclic) bond motifs is 1. The molecule has 3 unspecified atom stereocenters. The van der Waals surface area contributed by atoms with E-state index < -0.39 is 0 Å². The predicted molar refractivity (Wildman–Crippen MR) is 69.9 cm³/mol. The quantitative estimate of drug-likeness (QED) is 0.724. The summed E-state index contributed by atoms with van der Waals surface area (Å²) in [6, 6.07) is 0.338. The lowest BCUT2D eigenvalue weighted by Gasteiger charge is -2.22. The van der Waals surface area contributed by atoms with Crippen LogP contribution in [0.1, 0.15) is 25.7 Å². The first kappa shape index (κ1) is 12.9. The maximum atomic E-state index is 12.2. The van der Waals surface area contributed by atoms with E-state index in [2.05, 4.69) is 17.1 Å². The smallest absolute Gasteiger partial charge is 0.226 e. The zero-order chi connectivity index (χ0) is 11.1. The third-order valence-electron chi connectivity index (χ3n) is 4.58. The van der Waals surface area contributed by atoms with Crippen molar-refractivity contribution in [3.05, 3.63) is 12.2 Å². The van der Waals surface area contributed by atoms with Crippen molar-refractivity contribution in [2.75, 3.05) is 13.1 Å². The van der Waals surface area contributed by atoms with Gasteiger partial charge in [0, 0.05) is 25.0 Å². The van der Waals surface area contributed by atoms with Crippen LogP contribution in [0.3, 0.4) is 0 Å². The average molecular weight is 257 g/mol. The zero-order valence-electron chi connectivity index (χ0n) is 10.0. The van der Waals surface area contributed by atoms with Crippen LogP contribution in [-0.4, -0.2) is 29.9 Å². The number of halogens is 1. The van der Waals surface area contributed by atoms with E-state index in [1.54, 1.807) is 0 Å². The van der Waals surface area contributed by atoms with Gasteiger partial charge < -0.3 is 10.6 Å². The van der Waals surface area contributed by atoms with Crippen LogP contribution >= 0.6 is 12.4 Å². The summed E-state index contributed by atoms with van der Waals surface area (Å²) in [5, 5.41) is 0. The maximum absolute atomic E-state index is 12.2. The second kappa shape index (κ2) is 4.99. The second-order valence-corrected chi connectivity index (χ2v) is 5.55. The summed E-state index contributed by atoms with van der Waals surface area (Å²) < 4.78 is 0. The zero-order valence-corrected chi connectivity index (χ0v) is 10.9. The van der Waals surface area contributed by atoms with E-state index in [1.165, 1.54) is 6.42 Å². The molecule has 1 saturated carbocycles. The van der Waals surface area contributed by atoms with E-state index in [1.807, 2.05) is 0 Å². The first-order valence-corrected chi connectivity index (χ1v) is 6.45. The molecule has 0 bridgehead atoms. The Bertz CT molecular complexity index is 323. The van der Waals surface area contributed by atoms with Crippen molar-refractivity contribution < 1.29 is 4.79 Å². The molecule has 2 N–H and O–H groups in total. The monoisotopic (exact) mass is 256 g/mol. The topological polar surface area (TPSA) is 46.3 Å². The van der Waals surface area contributed by atoms with Crippen LogP contribution in [0.2, 0.25) is 0 Å². The molecular formula is C13H21ClN2O. The van der Waals surface area contributed by atoms with Crippen LogP contribution in [-0.2, 0) is 4.79 Å². The lowest BCUT2D eigenvalue weighted by atomic mass is 9.98. The SMILES string of the molecule is Cl.NC1CCC2CN(C(=O)C3CC=CC3)CC12. The van der Waals surface area contributed by atoms with Crippen LogP contribution in [0.5, 0.6) is 0 Å². The first-order chi connectivity index (χ1) is 7.75. The Balaban J connectivity index is 0.00000108. The van der Waals surface area contributed by atoms with Gasteiger partial charge in [-0.2, -0.15) is 0 Å². The number of carbonyl (C=O) groups is 1. The predicted octanol–water partition coefficient (Wildman–Crippen LogP) is 1.57. The normalized spacial score (nSPS) is 36.1. The molecule has 3 rings (SSSR count). The van der Waals surface area contributed by atoms with Crippen molar-refractivity contribution in [3.63, 3.8) is 0 Å². The molecule has 96 valence electrons.